The van der Waals surface area contributed by atoms with Crippen molar-refractivity contribution >= 4 is 29.5 Å². The second kappa shape index (κ2) is 4.24. The van der Waals surface area contributed by atoms with Crippen molar-refractivity contribution in [3.8, 4) is 5.75 Å². The molecule has 2 aliphatic rings. The lowest BCUT2D eigenvalue weighted by atomic mass is 10.1. The predicted octanol–water partition coefficient (Wildman–Crippen LogP) is 0.447. The van der Waals surface area contributed by atoms with Crippen LogP contribution in [0.15, 0.2) is 23.8 Å². The van der Waals surface area contributed by atoms with Gasteiger partial charge in [-0.05, 0) is 23.8 Å². The zero-order chi connectivity index (χ0) is 13.4. The maximum atomic E-state index is 11.4. The van der Waals surface area contributed by atoms with Gasteiger partial charge in [-0.2, -0.15) is 0 Å². The van der Waals surface area contributed by atoms with Crippen LogP contribution in [-0.4, -0.2) is 24.3 Å². The highest BCUT2D eigenvalue weighted by Gasteiger charge is 2.24. The normalized spacial score (nSPS) is 19.8. The molecule has 2 aliphatic heterocycles. The first kappa shape index (κ1) is 11.5. The molecule has 2 heterocycles. The van der Waals surface area contributed by atoms with Gasteiger partial charge in [-0.25, -0.2) is 0 Å². The Morgan fingerprint density at radius 2 is 1.95 bits per heavy atom. The van der Waals surface area contributed by atoms with Gasteiger partial charge in [0.25, 0.3) is 11.8 Å². The first-order valence-electron chi connectivity index (χ1n) is 5.73. The van der Waals surface area contributed by atoms with E-state index in [2.05, 4.69) is 10.6 Å². The second-order valence-electron chi connectivity index (χ2n) is 4.32. The van der Waals surface area contributed by atoms with Crippen LogP contribution in [0.4, 0.5) is 5.69 Å². The van der Waals surface area contributed by atoms with E-state index in [4.69, 9.17) is 4.74 Å². The van der Waals surface area contributed by atoms with Gasteiger partial charge in [-0.3, -0.25) is 19.7 Å². The van der Waals surface area contributed by atoms with Gasteiger partial charge < -0.3 is 10.1 Å². The maximum absolute atomic E-state index is 11.4. The van der Waals surface area contributed by atoms with Crippen molar-refractivity contribution in [1.82, 2.24) is 5.32 Å². The van der Waals surface area contributed by atoms with Gasteiger partial charge >= 0.3 is 0 Å². The highest BCUT2D eigenvalue weighted by Crippen LogP contribution is 2.29. The van der Waals surface area contributed by atoms with Gasteiger partial charge in [0.05, 0.1) is 12.1 Å². The largest absolute Gasteiger partial charge is 0.482 e. The Kier molecular flexibility index (Phi) is 2.56. The molecule has 0 saturated carbocycles. The molecule has 1 saturated heterocycles. The maximum Gasteiger partial charge on any atom is 0.262 e. The van der Waals surface area contributed by atoms with Gasteiger partial charge in [-0.1, -0.05) is 6.07 Å². The minimum atomic E-state index is -0.372. The van der Waals surface area contributed by atoms with E-state index in [0.29, 0.717) is 17.0 Å². The van der Waals surface area contributed by atoms with E-state index in [0.717, 1.165) is 5.56 Å². The third-order valence-electron chi connectivity index (χ3n) is 2.87. The number of hydrogen-bond acceptors (Lipinski definition) is 4. The van der Waals surface area contributed by atoms with Crippen LogP contribution in [0.3, 0.4) is 0 Å². The number of hydrogen-bond donors (Lipinski definition) is 2. The van der Waals surface area contributed by atoms with Crippen molar-refractivity contribution in [1.29, 1.82) is 0 Å². The molecule has 1 aromatic carbocycles. The monoisotopic (exact) mass is 258 g/mol. The molecule has 0 atom stereocenters. The average Bonchev–Trinajstić information content (AvgIpc) is 2.67. The molecule has 96 valence electrons. The highest BCUT2D eigenvalue weighted by atomic mass is 16.5. The Labute approximate surface area is 108 Å². The van der Waals surface area contributed by atoms with Gasteiger partial charge in [0.15, 0.2) is 6.61 Å². The lowest BCUT2D eigenvalue weighted by molar-refractivity contribution is -0.124. The van der Waals surface area contributed by atoms with E-state index in [9.17, 15) is 14.4 Å². The summed E-state index contributed by atoms with van der Waals surface area (Å²) in [6.45, 7) is 0.00431. The van der Waals surface area contributed by atoms with Gasteiger partial charge in [0, 0.05) is 5.57 Å². The number of carbonyl (C=O) groups is 3. The molecule has 0 bridgehead atoms. The Balaban J connectivity index is 1.92. The minimum absolute atomic E-state index is 0.00431. The number of rotatable bonds is 1. The van der Waals surface area contributed by atoms with E-state index >= 15 is 0 Å². The molecule has 6 heteroatoms. The first-order chi connectivity index (χ1) is 9.11. The highest BCUT2D eigenvalue weighted by molar-refractivity contribution is 6.15. The number of nitrogens with one attached hydrogen (secondary N) is 2. The fourth-order valence-electron chi connectivity index (χ4n) is 2.01. The molecule has 6 nitrogen and oxygen atoms in total. The smallest absolute Gasteiger partial charge is 0.262 e. The van der Waals surface area contributed by atoms with E-state index in [1.54, 1.807) is 24.3 Å². The predicted molar refractivity (Wildman–Crippen MR) is 66.3 cm³/mol. The summed E-state index contributed by atoms with van der Waals surface area (Å²) in [5, 5.41) is 4.90. The van der Waals surface area contributed by atoms with Crippen molar-refractivity contribution in [2.75, 3.05) is 11.9 Å². The number of anilines is 1. The van der Waals surface area contributed by atoms with E-state index in [-0.39, 0.29) is 30.7 Å². The van der Waals surface area contributed by atoms with Crippen LogP contribution >= 0.6 is 0 Å². The summed E-state index contributed by atoms with van der Waals surface area (Å²) >= 11 is 0. The van der Waals surface area contributed by atoms with Crippen LogP contribution in [0.2, 0.25) is 0 Å². The molecular formula is C13H10N2O4. The zero-order valence-electron chi connectivity index (χ0n) is 9.86. The fourth-order valence-corrected chi connectivity index (χ4v) is 2.01. The third-order valence-corrected chi connectivity index (χ3v) is 2.87. The summed E-state index contributed by atoms with van der Waals surface area (Å²) in [7, 11) is 0. The Bertz CT molecular complexity index is 634. The number of ether oxygens (including phenoxy) is 1. The summed E-state index contributed by atoms with van der Waals surface area (Å²) in [5.74, 6) is -0.298. The molecule has 0 aromatic heterocycles. The molecule has 0 radical (unpaired) electrons. The van der Waals surface area contributed by atoms with Crippen LogP contribution < -0.4 is 15.4 Å². The number of fused-ring (bicyclic) bond motifs is 1. The standard InChI is InChI=1S/C13H10N2O4/c16-11-5-8(13(18)15-11)3-7-1-2-10-9(4-7)14-12(17)6-19-10/h1-4H,5-6H2,(H,14,17)(H,15,16,18). The Morgan fingerprint density at radius 1 is 1.11 bits per heavy atom. The molecule has 2 N–H and O–H groups in total. The third kappa shape index (κ3) is 2.20. The molecule has 19 heavy (non-hydrogen) atoms. The van der Waals surface area contributed by atoms with E-state index < -0.39 is 0 Å². The van der Waals surface area contributed by atoms with Crippen molar-refractivity contribution in [3.05, 3.63) is 29.3 Å². The molecule has 0 spiro atoms. The van der Waals surface area contributed by atoms with Crippen LogP contribution in [0.1, 0.15) is 12.0 Å². The van der Waals surface area contributed by atoms with Gasteiger partial charge in [0.2, 0.25) is 5.91 Å². The Morgan fingerprint density at radius 3 is 2.68 bits per heavy atom. The fraction of sp³-hybridized carbons (Fsp3) is 0.154. The number of carbonyl (C=O) groups excluding carboxylic acids is 3. The van der Waals surface area contributed by atoms with Crippen LogP contribution in [0, 0.1) is 0 Å². The lowest BCUT2D eigenvalue weighted by Gasteiger charge is -2.17. The molecule has 3 amide bonds. The summed E-state index contributed by atoms with van der Waals surface area (Å²) in [4.78, 5) is 33.7. The number of benzene rings is 1. The quantitative estimate of drug-likeness (QED) is 0.565. The van der Waals surface area contributed by atoms with Gasteiger partial charge in [0.1, 0.15) is 5.75 Å². The van der Waals surface area contributed by atoms with Gasteiger partial charge in [-0.15, -0.1) is 0 Å². The minimum Gasteiger partial charge on any atom is -0.482 e. The van der Waals surface area contributed by atoms with Crippen LogP contribution in [0.25, 0.3) is 6.08 Å². The van der Waals surface area contributed by atoms with Crippen LogP contribution in [0.5, 0.6) is 5.75 Å². The lowest BCUT2D eigenvalue weighted by Crippen LogP contribution is -2.25. The molecule has 0 aliphatic carbocycles. The number of amides is 3. The first-order valence-corrected chi connectivity index (χ1v) is 5.73. The zero-order valence-corrected chi connectivity index (χ0v) is 9.86. The van der Waals surface area contributed by atoms with E-state index in [1.807, 2.05) is 0 Å². The summed E-state index contributed by atoms with van der Waals surface area (Å²) < 4.78 is 5.23. The van der Waals surface area contributed by atoms with Crippen molar-refractivity contribution in [2.45, 2.75) is 6.42 Å². The van der Waals surface area contributed by atoms with Crippen molar-refractivity contribution in [3.63, 3.8) is 0 Å². The molecule has 3 rings (SSSR count). The summed E-state index contributed by atoms with van der Waals surface area (Å²) in [6.07, 6.45) is 1.71. The summed E-state index contributed by atoms with van der Waals surface area (Å²) in [5.41, 5.74) is 1.70. The average molecular weight is 258 g/mol. The number of imide groups is 1. The molecule has 1 fully saturated rings. The van der Waals surface area contributed by atoms with Crippen molar-refractivity contribution < 1.29 is 19.1 Å². The molecular weight excluding hydrogens is 248 g/mol. The second-order valence-corrected chi connectivity index (χ2v) is 4.32. The topological polar surface area (TPSA) is 84.5 Å². The van der Waals surface area contributed by atoms with Crippen molar-refractivity contribution in [2.24, 2.45) is 0 Å². The Hall–Kier alpha value is -2.63. The SMILES string of the molecule is O=C1CC(=Cc2ccc3c(c2)NC(=O)CO3)C(=O)N1. The van der Waals surface area contributed by atoms with E-state index in [1.165, 1.54) is 0 Å². The van der Waals surface area contributed by atoms with Crippen LogP contribution in [-0.2, 0) is 14.4 Å². The summed E-state index contributed by atoms with van der Waals surface area (Å²) in [6, 6.07) is 5.19. The molecule has 0 unspecified atom stereocenters. The molecule has 1 aromatic rings.